The molecule has 0 radical (unpaired) electrons. The number of nitrogens with zero attached hydrogens (tertiary/aromatic N) is 1. The molecular weight excluding hydrogens is 182 g/mol. The molecule has 2 rings (SSSR count). The average Bonchev–Trinajstić information content (AvgIpc) is 2.99. The number of hydrogen-bond acceptors (Lipinski definition) is 2. The number of hydrogen-bond donors (Lipinski definition) is 1. The fourth-order valence-electron chi connectivity index (χ4n) is 1.94. The molecule has 0 aromatic heterocycles. The second kappa shape index (κ2) is 4.17. The predicted molar refractivity (Wildman–Crippen MR) is 51.3 cm³/mol. The minimum atomic E-state index is -0.790. The minimum Gasteiger partial charge on any atom is -0.465 e. The Hall–Kier alpha value is -0.770. The van der Waals surface area contributed by atoms with Gasteiger partial charge in [-0.3, -0.25) is 0 Å². The van der Waals surface area contributed by atoms with Crippen molar-refractivity contribution in [2.45, 2.75) is 44.2 Å². The van der Waals surface area contributed by atoms with Crippen molar-refractivity contribution in [3.05, 3.63) is 0 Å². The summed E-state index contributed by atoms with van der Waals surface area (Å²) in [4.78, 5) is 12.5. The van der Waals surface area contributed by atoms with Gasteiger partial charge in [-0.2, -0.15) is 0 Å². The van der Waals surface area contributed by atoms with Crippen LogP contribution in [0, 0.1) is 0 Å². The predicted octanol–water partition coefficient (Wildman–Crippen LogP) is 1.70. The van der Waals surface area contributed by atoms with Crippen molar-refractivity contribution >= 4 is 6.09 Å². The van der Waals surface area contributed by atoms with Gasteiger partial charge in [-0.05, 0) is 32.1 Å². The van der Waals surface area contributed by atoms with Gasteiger partial charge in [0.2, 0.25) is 0 Å². The molecule has 0 spiro atoms. The molecule has 2 aliphatic rings. The first-order chi connectivity index (χ1) is 6.77. The highest BCUT2D eigenvalue weighted by atomic mass is 16.5. The lowest BCUT2D eigenvalue weighted by Gasteiger charge is -2.28. The van der Waals surface area contributed by atoms with E-state index >= 15 is 0 Å². The van der Waals surface area contributed by atoms with E-state index in [1.54, 1.807) is 4.90 Å². The van der Waals surface area contributed by atoms with Crippen LogP contribution >= 0.6 is 0 Å². The Balaban J connectivity index is 1.82. The molecule has 0 aromatic carbocycles. The van der Waals surface area contributed by atoms with Crippen molar-refractivity contribution in [1.29, 1.82) is 0 Å². The zero-order valence-corrected chi connectivity index (χ0v) is 8.32. The fraction of sp³-hybridized carbons (Fsp3) is 0.900. The van der Waals surface area contributed by atoms with E-state index in [2.05, 4.69) is 0 Å². The Morgan fingerprint density at radius 2 is 2.14 bits per heavy atom. The molecule has 1 aliphatic carbocycles. The van der Waals surface area contributed by atoms with Crippen molar-refractivity contribution in [3.8, 4) is 0 Å². The lowest BCUT2D eigenvalue weighted by Crippen LogP contribution is -2.40. The standard InChI is InChI=1S/C10H17NO3/c12-10(13)11(8-4-5-8)7-9-3-1-2-6-14-9/h8-9H,1-7H2,(H,12,13). The van der Waals surface area contributed by atoms with Crippen LogP contribution in [-0.2, 0) is 4.74 Å². The van der Waals surface area contributed by atoms with E-state index < -0.39 is 6.09 Å². The van der Waals surface area contributed by atoms with Gasteiger partial charge in [-0.15, -0.1) is 0 Å². The van der Waals surface area contributed by atoms with Gasteiger partial charge in [0.05, 0.1) is 12.6 Å². The summed E-state index contributed by atoms with van der Waals surface area (Å²) in [6.07, 6.45) is 4.70. The summed E-state index contributed by atoms with van der Waals surface area (Å²) in [6.45, 7) is 1.36. The van der Waals surface area contributed by atoms with Crippen LogP contribution in [0.25, 0.3) is 0 Å². The number of carbonyl (C=O) groups is 1. The second-order valence-electron chi connectivity index (χ2n) is 4.15. The third kappa shape index (κ3) is 2.38. The van der Waals surface area contributed by atoms with Gasteiger partial charge in [0, 0.05) is 12.6 Å². The van der Waals surface area contributed by atoms with Crippen LogP contribution in [0.2, 0.25) is 0 Å². The normalized spacial score (nSPS) is 27.3. The second-order valence-corrected chi connectivity index (χ2v) is 4.15. The van der Waals surface area contributed by atoms with Crippen LogP contribution < -0.4 is 0 Å². The number of rotatable bonds is 3. The molecule has 80 valence electrons. The van der Waals surface area contributed by atoms with E-state index in [0.717, 1.165) is 32.3 Å². The highest BCUT2D eigenvalue weighted by Crippen LogP contribution is 2.28. The molecule has 2 fully saturated rings. The molecule has 1 N–H and O–H groups in total. The SMILES string of the molecule is O=C(O)N(CC1CCCCO1)C1CC1. The third-order valence-corrected chi connectivity index (χ3v) is 2.91. The van der Waals surface area contributed by atoms with Gasteiger partial charge in [0.25, 0.3) is 0 Å². The summed E-state index contributed by atoms with van der Waals surface area (Å²) < 4.78 is 5.53. The first kappa shape index (κ1) is 9.77. The maximum Gasteiger partial charge on any atom is 0.407 e. The maximum atomic E-state index is 10.9. The van der Waals surface area contributed by atoms with E-state index in [1.807, 2.05) is 0 Å². The Labute approximate surface area is 83.8 Å². The molecule has 4 nitrogen and oxygen atoms in total. The monoisotopic (exact) mass is 199 g/mol. The minimum absolute atomic E-state index is 0.139. The van der Waals surface area contributed by atoms with Crippen LogP contribution in [0.3, 0.4) is 0 Å². The van der Waals surface area contributed by atoms with Gasteiger partial charge < -0.3 is 14.7 Å². The third-order valence-electron chi connectivity index (χ3n) is 2.91. The zero-order valence-electron chi connectivity index (χ0n) is 8.32. The van der Waals surface area contributed by atoms with E-state index in [1.165, 1.54) is 6.42 Å². The van der Waals surface area contributed by atoms with Gasteiger partial charge >= 0.3 is 6.09 Å². The van der Waals surface area contributed by atoms with Gasteiger partial charge in [-0.1, -0.05) is 0 Å². The summed E-state index contributed by atoms with van der Waals surface area (Å²) in [5.74, 6) is 0. The number of ether oxygens (including phenoxy) is 1. The van der Waals surface area contributed by atoms with Gasteiger partial charge in [0.1, 0.15) is 0 Å². The Bertz CT molecular complexity index is 209. The Morgan fingerprint density at radius 3 is 2.64 bits per heavy atom. The van der Waals surface area contributed by atoms with Crippen molar-refractivity contribution < 1.29 is 14.6 Å². The molecule has 0 bridgehead atoms. The largest absolute Gasteiger partial charge is 0.465 e. The quantitative estimate of drug-likeness (QED) is 0.752. The summed E-state index contributed by atoms with van der Waals surface area (Å²) in [5, 5.41) is 8.98. The van der Waals surface area contributed by atoms with Crippen LogP contribution in [0.15, 0.2) is 0 Å². The summed E-state index contributed by atoms with van der Waals surface area (Å²) in [7, 11) is 0. The number of amides is 1. The molecule has 1 amide bonds. The van der Waals surface area contributed by atoms with Crippen molar-refractivity contribution in [1.82, 2.24) is 4.90 Å². The van der Waals surface area contributed by atoms with E-state index in [4.69, 9.17) is 9.84 Å². The molecule has 0 aromatic rings. The lowest BCUT2D eigenvalue weighted by molar-refractivity contribution is -0.00458. The van der Waals surface area contributed by atoms with Crippen LogP contribution in [0.5, 0.6) is 0 Å². The van der Waals surface area contributed by atoms with E-state index in [0.29, 0.717) is 6.54 Å². The first-order valence-corrected chi connectivity index (χ1v) is 5.38. The molecule has 1 saturated carbocycles. The van der Waals surface area contributed by atoms with Crippen LogP contribution in [0.4, 0.5) is 4.79 Å². The van der Waals surface area contributed by atoms with Crippen LogP contribution in [0.1, 0.15) is 32.1 Å². The smallest absolute Gasteiger partial charge is 0.407 e. The Morgan fingerprint density at radius 1 is 1.36 bits per heavy atom. The van der Waals surface area contributed by atoms with Gasteiger partial charge in [0.15, 0.2) is 0 Å². The Kier molecular flexibility index (Phi) is 2.91. The van der Waals surface area contributed by atoms with E-state index in [-0.39, 0.29) is 12.1 Å². The van der Waals surface area contributed by atoms with Crippen molar-refractivity contribution in [2.24, 2.45) is 0 Å². The molecule has 4 heteroatoms. The van der Waals surface area contributed by atoms with Crippen LogP contribution in [-0.4, -0.2) is 41.4 Å². The molecule has 1 atom stereocenters. The maximum absolute atomic E-state index is 10.9. The molecule has 1 heterocycles. The molecule has 1 aliphatic heterocycles. The summed E-state index contributed by atoms with van der Waals surface area (Å²) in [5.41, 5.74) is 0. The molecular formula is C10H17NO3. The molecule has 14 heavy (non-hydrogen) atoms. The zero-order chi connectivity index (χ0) is 9.97. The van der Waals surface area contributed by atoms with E-state index in [9.17, 15) is 4.79 Å². The first-order valence-electron chi connectivity index (χ1n) is 5.38. The fourth-order valence-corrected chi connectivity index (χ4v) is 1.94. The van der Waals surface area contributed by atoms with Gasteiger partial charge in [-0.25, -0.2) is 4.79 Å². The molecule has 1 saturated heterocycles. The van der Waals surface area contributed by atoms with Crippen molar-refractivity contribution in [3.63, 3.8) is 0 Å². The van der Waals surface area contributed by atoms with Crippen molar-refractivity contribution in [2.75, 3.05) is 13.2 Å². The summed E-state index contributed by atoms with van der Waals surface area (Å²) >= 11 is 0. The number of carboxylic acid groups (broad SMARTS) is 1. The lowest BCUT2D eigenvalue weighted by atomic mass is 10.1. The average molecular weight is 199 g/mol. The highest BCUT2D eigenvalue weighted by Gasteiger charge is 2.34. The topological polar surface area (TPSA) is 49.8 Å². The molecule has 1 unspecified atom stereocenters. The highest BCUT2D eigenvalue weighted by molar-refractivity contribution is 5.65. The summed E-state index contributed by atoms with van der Waals surface area (Å²) in [6, 6.07) is 0.276.